The summed E-state index contributed by atoms with van der Waals surface area (Å²) in [6, 6.07) is 0. The van der Waals surface area contributed by atoms with Gasteiger partial charge in [0.05, 0.1) is 50.7 Å². The minimum Gasteiger partial charge on any atom is -0.466 e. The maximum Gasteiger partial charge on any atom is 0.330 e. The van der Waals surface area contributed by atoms with E-state index in [9.17, 15) is 34.8 Å². The number of ether oxygens (including phenoxy) is 7. The smallest absolute Gasteiger partial charge is 0.330 e. The van der Waals surface area contributed by atoms with Crippen molar-refractivity contribution in [1.29, 1.82) is 0 Å². The summed E-state index contributed by atoms with van der Waals surface area (Å²) in [5, 5.41) is 45.7. The number of aliphatic hydroxyl groups excluding tert-OH is 2. The first-order valence-electron chi connectivity index (χ1n) is 19.4. The molecule has 3 saturated heterocycles. The van der Waals surface area contributed by atoms with E-state index in [4.69, 9.17) is 33.2 Å². The largest absolute Gasteiger partial charge is 0.466 e. The van der Waals surface area contributed by atoms with Gasteiger partial charge in [0.15, 0.2) is 18.2 Å². The predicted octanol–water partition coefficient (Wildman–Crippen LogP) is 4.03. The topological polar surface area (TPSA) is 197 Å². The quantitative estimate of drug-likeness (QED) is 0.0866. The maximum absolute atomic E-state index is 13.3. The van der Waals surface area contributed by atoms with Gasteiger partial charge in [0, 0.05) is 43.6 Å². The van der Waals surface area contributed by atoms with E-state index in [1.165, 1.54) is 20.1 Å². The number of unbranched alkanes of at least 4 members (excludes halogenated alkanes) is 4. The van der Waals surface area contributed by atoms with Crippen LogP contribution in [0.5, 0.6) is 0 Å². The maximum atomic E-state index is 13.3. The Hall–Kier alpha value is -2.43. The van der Waals surface area contributed by atoms with E-state index in [0.717, 1.165) is 25.7 Å². The summed E-state index contributed by atoms with van der Waals surface area (Å²) in [4.78, 5) is 39.1. The molecule has 0 saturated carbocycles. The Labute approximate surface area is 313 Å². The Kier molecular flexibility index (Phi) is 15.9. The number of carbonyl (C=O) groups excluding carboxylic acids is 3. The Balaban J connectivity index is 1.72. The van der Waals surface area contributed by atoms with Gasteiger partial charge in [-0.1, -0.05) is 52.5 Å². The molecule has 0 aliphatic carbocycles. The van der Waals surface area contributed by atoms with Gasteiger partial charge < -0.3 is 53.6 Å². The first kappa shape index (κ1) is 43.3. The van der Waals surface area contributed by atoms with Crippen molar-refractivity contribution in [3.8, 4) is 0 Å². The third-order valence-corrected chi connectivity index (χ3v) is 10.7. The van der Waals surface area contributed by atoms with Crippen LogP contribution in [-0.4, -0.2) is 113 Å². The van der Waals surface area contributed by atoms with Crippen LogP contribution in [0.4, 0.5) is 0 Å². The van der Waals surface area contributed by atoms with Crippen LogP contribution in [0.15, 0.2) is 23.8 Å². The van der Waals surface area contributed by atoms with Gasteiger partial charge in [-0.15, -0.1) is 0 Å². The molecule has 4 rings (SSSR count). The van der Waals surface area contributed by atoms with Crippen LogP contribution in [0.2, 0.25) is 0 Å². The molecule has 3 fully saturated rings. The minimum absolute atomic E-state index is 0.0342. The molecule has 0 spiro atoms. The summed E-state index contributed by atoms with van der Waals surface area (Å²) in [5.74, 6) is -5.90. The Bertz CT molecular complexity index is 1280. The number of hydrogen-bond acceptors (Lipinski definition) is 14. The monoisotopic (exact) mass is 754 g/mol. The number of cyclic esters (lactones) is 1. The molecule has 14 heteroatoms. The van der Waals surface area contributed by atoms with Gasteiger partial charge in [-0.3, -0.25) is 9.59 Å². The van der Waals surface area contributed by atoms with E-state index in [0.29, 0.717) is 38.7 Å². The van der Waals surface area contributed by atoms with Crippen LogP contribution in [0, 0.1) is 5.41 Å². The zero-order valence-corrected chi connectivity index (χ0v) is 32.0. The Morgan fingerprint density at radius 2 is 1.79 bits per heavy atom. The van der Waals surface area contributed by atoms with Crippen LogP contribution in [0.1, 0.15) is 124 Å². The molecule has 302 valence electrons. The van der Waals surface area contributed by atoms with Gasteiger partial charge in [0.25, 0.3) is 0 Å². The van der Waals surface area contributed by atoms with E-state index < -0.39 is 83.9 Å². The standard InChI is InChI=1S/C39H62O14/c1-6-7-8-9-10-13-32(42)51-36-26(20-33(43)47-5)19-30-23-31(25(2)40)50-34(44)22-27(41)21-28-12-11-16-38(45,52-28)24-29-15-18-48-35(49-29)14-17-37(3,4)39(36,46)53-30/h14,17,20,25,27-31,35-36,40-41,45-46H,6-13,15-16,18-19,21-24H2,1-5H3/b17-14-,26-20-/t25-,27-,28+,29+,30+,31-,35+,36+,38-,39-/m1/s1. The van der Waals surface area contributed by atoms with Gasteiger partial charge in [-0.25, -0.2) is 4.79 Å². The second kappa shape index (κ2) is 19.4. The van der Waals surface area contributed by atoms with Crippen molar-refractivity contribution >= 4 is 17.9 Å². The normalized spacial score (nSPS) is 37.5. The van der Waals surface area contributed by atoms with Crippen molar-refractivity contribution in [3.63, 3.8) is 0 Å². The lowest BCUT2D eigenvalue weighted by molar-refractivity contribution is -0.327. The molecule has 0 aromatic heterocycles. The number of carbonyl (C=O) groups is 3. The number of aliphatic hydroxyl groups is 4. The Morgan fingerprint density at radius 3 is 2.51 bits per heavy atom. The molecular formula is C39H62O14. The predicted molar refractivity (Wildman–Crippen MR) is 190 cm³/mol. The van der Waals surface area contributed by atoms with E-state index >= 15 is 0 Å². The summed E-state index contributed by atoms with van der Waals surface area (Å²) in [5.41, 5.74) is -1.14. The minimum atomic E-state index is -2.30. The van der Waals surface area contributed by atoms with Crippen molar-refractivity contribution in [1.82, 2.24) is 0 Å². The van der Waals surface area contributed by atoms with E-state index in [1.807, 2.05) is 0 Å². The van der Waals surface area contributed by atoms with Crippen LogP contribution in [0.3, 0.4) is 0 Å². The molecule has 53 heavy (non-hydrogen) atoms. The fourth-order valence-electron chi connectivity index (χ4n) is 7.57. The summed E-state index contributed by atoms with van der Waals surface area (Å²) in [6.07, 6.45) is 3.18. The zero-order valence-electron chi connectivity index (χ0n) is 32.0. The molecule has 0 unspecified atom stereocenters. The van der Waals surface area contributed by atoms with E-state index in [2.05, 4.69) is 6.92 Å². The van der Waals surface area contributed by atoms with Crippen molar-refractivity contribution in [3.05, 3.63) is 23.8 Å². The van der Waals surface area contributed by atoms with Crippen molar-refractivity contribution in [2.75, 3.05) is 13.7 Å². The second-order valence-electron chi connectivity index (χ2n) is 15.7. The first-order chi connectivity index (χ1) is 25.1. The third-order valence-electron chi connectivity index (χ3n) is 10.7. The number of hydrogen-bond donors (Lipinski definition) is 4. The molecule has 6 bridgehead atoms. The highest BCUT2D eigenvalue weighted by Crippen LogP contribution is 2.47. The molecule has 4 heterocycles. The summed E-state index contributed by atoms with van der Waals surface area (Å²) < 4.78 is 41.2. The summed E-state index contributed by atoms with van der Waals surface area (Å²) in [7, 11) is 1.21. The molecule has 4 aliphatic rings. The summed E-state index contributed by atoms with van der Waals surface area (Å²) >= 11 is 0. The second-order valence-corrected chi connectivity index (χ2v) is 15.7. The number of esters is 3. The van der Waals surface area contributed by atoms with E-state index in [-0.39, 0.29) is 44.1 Å². The zero-order chi connectivity index (χ0) is 38.8. The highest BCUT2D eigenvalue weighted by atomic mass is 16.7. The van der Waals surface area contributed by atoms with Crippen molar-refractivity contribution in [2.45, 2.75) is 185 Å². The van der Waals surface area contributed by atoms with Gasteiger partial charge in [-0.05, 0) is 50.7 Å². The van der Waals surface area contributed by atoms with E-state index in [1.54, 1.807) is 26.0 Å². The summed E-state index contributed by atoms with van der Waals surface area (Å²) in [6.45, 7) is 7.22. The lowest BCUT2D eigenvalue weighted by atomic mass is 9.74. The first-order valence-corrected chi connectivity index (χ1v) is 19.4. The number of methoxy groups -OCH3 is 1. The third kappa shape index (κ3) is 12.3. The fourth-order valence-corrected chi connectivity index (χ4v) is 7.57. The highest BCUT2D eigenvalue weighted by molar-refractivity contribution is 5.83. The lowest BCUT2D eigenvalue weighted by Gasteiger charge is -2.51. The Morgan fingerprint density at radius 1 is 1.04 bits per heavy atom. The molecule has 0 amide bonds. The molecule has 10 atom stereocenters. The molecule has 0 radical (unpaired) electrons. The molecule has 0 aromatic rings. The molecule has 0 aromatic carbocycles. The number of rotatable bonds is 9. The van der Waals surface area contributed by atoms with Gasteiger partial charge in [-0.2, -0.15) is 0 Å². The van der Waals surface area contributed by atoms with Crippen molar-refractivity contribution < 1.29 is 68.0 Å². The van der Waals surface area contributed by atoms with Crippen LogP contribution in [0.25, 0.3) is 0 Å². The van der Waals surface area contributed by atoms with Gasteiger partial charge in [0.2, 0.25) is 5.79 Å². The average molecular weight is 755 g/mol. The molecular weight excluding hydrogens is 692 g/mol. The SMILES string of the molecule is CCCCCCCC(=O)O[C@H]1/C(=C\C(=O)OC)C[C@H]2C[C@H]([C@@H](C)O)OC(=O)C[C@H](O)C[C@@H]3CCC[C@](O)(C[C@@H]4CCO[C@H](/C=C\C(C)(C)[C@]1(O)O2)O4)O3. The number of fused-ring (bicyclic) bond motifs is 6. The van der Waals surface area contributed by atoms with Gasteiger partial charge in [0.1, 0.15) is 6.10 Å². The fraction of sp³-hybridized carbons (Fsp3) is 0.821. The molecule has 14 nitrogen and oxygen atoms in total. The van der Waals surface area contributed by atoms with Crippen LogP contribution >= 0.6 is 0 Å². The van der Waals surface area contributed by atoms with Crippen LogP contribution < -0.4 is 0 Å². The molecule has 4 N–H and O–H groups in total. The van der Waals surface area contributed by atoms with Crippen LogP contribution in [-0.2, 0) is 47.5 Å². The lowest BCUT2D eigenvalue weighted by Crippen LogP contribution is -2.62. The molecule has 4 aliphatic heterocycles. The van der Waals surface area contributed by atoms with Crippen molar-refractivity contribution in [2.24, 2.45) is 5.41 Å². The average Bonchev–Trinajstić information content (AvgIpc) is 3.08. The highest BCUT2D eigenvalue weighted by Gasteiger charge is 2.58. The van der Waals surface area contributed by atoms with Gasteiger partial charge >= 0.3 is 17.9 Å².